The molecule has 0 unspecified atom stereocenters. The van der Waals surface area contributed by atoms with Gasteiger partial charge in [-0.25, -0.2) is 12.8 Å². The number of sulfonamides is 1. The van der Waals surface area contributed by atoms with Crippen molar-refractivity contribution in [1.29, 1.82) is 0 Å². The minimum atomic E-state index is -4.22. The van der Waals surface area contributed by atoms with Crippen molar-refractivity contribution in [3.05, 3.63) is 84.2 Å². The summed E-state index contributed by atoms with van der Waals surface area (Å²) in [4.78, 5) is 27.5. The van der Waals surface area contributed by atoms with E-state index in [0.717, 1.165) is 4.31 Å². The molecule has 0 aliphatic heterocycles. The van der Waals surface area contributed by atoms with Crippen molar-refractivity contribution in [3.63, 3.8) is 0 Å². The second-order valence-electron chi connectivity index (χ2n) is 8.30. The molecule has 1 atom stereocenters. The van der Waals surface area contributed by atoms with Gasteiger partial charge in [0.15, 0.2) is 11.5 Å². The van der Waals surface area contributed by atoms with Crippen LogP contribution in [-0.2, 0) is 26.2 Å². The summed E-state index contributed by atoms with van der Waals surface area (Å²) in [6.07, 6.45) is 0. The minimum absolute atomic E-state index is 0.0213. The molecule has 0 aliphatic carbocycles. The van der Waals surface area contributed by atoms with Gasteiger partial charge in [-0.3, -0.25) is 13.9 Å². The second kappa shape index (κ2) is 12.4. The summed E-state index contributed by atoms with van der Waals surface area (Å²) in [7, 11) is 0.0881. The summed E-state index contributed by atoms with van der Waals surface area (Å²) in [6.45, 7) is 0.876. The summed E-state index contributed by atoms with van der Waals surface area (Å²) in [5, 5.41) is 2.51. The van der Waals surface area contributed by atoms with E-state index < -0.39 is 40.2 Å². The molecule has 0 bridgehead atoms. The van der Waals surface area contributed by atoms with Gasteiger partial charge < -0.3 is 19.7 Å². The SMILES string of the molecule is CNC(=O)[C@H](C)N(Cc1ccc(F)cc1)C(=O)CN(c1ccc(OC)c(OC)c1)S(=O)(=O)c1ccccc1. The van der Waals surface area contributed by atoms with Crippen LogP contribution < -0.4 is 19.1 Å². The van der Waals surface area contributed by atoms with Crippen LogP contribution in [0, 0.1) is 5.82 Å². The Morgan fingerprint density at radius 3 is 2.16 bits per heavy atom. The molecule has 0 fully saturated rings. The van der Waals surface area contributed by atoms with Gasteiger partial charge in [0.05, 0.1) is 24.8 Å². The van der Waals surface area contributed by atoms with Crippen molar-refractivity contribution < 1.29 is 31.9 Å². The van der Waals surface area contributed by atoms with Crippen molar-refractivity contribution in [2.75, 3.05) is 32.1 Å². The lowest BCUT2D eigenvalue weighted by molar-refractivity contribution is -0.139. The molecule has 0 radical (unpaired) electrons. The molecular formula is C27H30FN3O6S. The van der Waals surface area contributed by atoms with E-state index in [2.05, 4.69) is 5.32 Å². The Morgan fingerprint density at radius 2 is 1.58 bits per heavy atom. The van der Waals surface area contributed by atoms with Crippen molar-refractivity contribution in [2.45, 2.75) is 24.4 Å². The Labute approximate surface area is 221 Å². The molecule has 3 aromatic rings. The van der Waals surface area contributed by atoms with E-state index in [-0.39, 0.29) is 22.9 Å². The number of likely N-dealkylation sites (N-methyl/N-ethyl adjacent to an activating group) is 1. The van der Waals surface area contributed by atoms with Gasteiger partial charge in [-0.15, -0.1) is 0 Å². The average Bonchev–Trinajstić information content (AvgIpc) is 2.94. The Kier molecular flexibility index (Phi) is 9.30. The van der Waals surface area contributed by atoms with E-state index in [1.54, 1.807) is 18.2 Å². The van der Waals surface area contributed by atoms with E-state index in [9.17, 15) is 22.4 Å². The Morgan fingerprint density at radius 1 is 0.947 bits per heavy atom. The van der Waals surface area contributed by atoms with Gasteiger partial charge >= 0.3 is 0 Å². The Bertz CT molecular complexity index is 1370. The number of nitrogens with one attached hydrogen (secondary N) is 1. The zero-order valence-electron chi connectivity index (χ0n) is 21.5. The fourth-order valence-corrected chi connectivity index (χ4v) is 5.23. The molecule has 3 rings (SSSR count). The topological polar surface area (TPSA) is 105 Å². The largest absolute Gasteiger partial charge is 0.493 e. The number of methoxy groups -OCH3 is 2. The van der Waals surface area contributed by atoms with Gasteiger partial charge in [0.2, 0.25) is 11.8 Å². The van der Waals surface area contributed by atoms with Crippen molar-refractivity contribution in [2.24, 2.45) is 0 Å². The van der Waals surface area contributed by atoms with Crippen molar-refractivity contribution in [1.82, 2.24) is 10.2 Å². The lowest BCUT2D eigenvalue weighted by Gasteiger charge is -2.32. The molecular weight excluding hydrogens is 513 g/mol. The maximum Gasteiger partial charge on any atom is 0.264 e. The van der Waals surface area contributed by atoms with E-state index in [1.165, 1.54) is 87.7 Å². The van der Waals surface area contributed by atoms with Gasteiger partial charge in [0.25, 0.3) is 10.0 Å². The summed E-state index contributed by atoms with van der Waals surface area (Å²) in [5.41, 5.74) is 0.730. The van der Waals surface area contributed by atoms with Crippen LogP contribution >= 0.6 is 0 Å². The number of amides is 2. The maximum atomic E-state index is 13.8. The highest BCUT2D eigenvalue weighted by atomic mass is 32.2. The number of hydrogen-bond donors (Lipinski definition) is 1. The highest BCUT2D eigenvalue weighted by Gasteiger charge is 2.32. The van der Waals surface area contributed by atoms with Crippen molar-refractivity contribution >= 4 is 27.5 Å². The molecule has 2 amide bonds. The van der Waals surface area contributed by atoms with Crippen molar-refractivity contribution in [3.8, 4) is 11.5 Å². The highest BCUT2D eigenvalue weighted by Crippen LogP contribution is 2.34. The summed E-state index contributed by atoms with van der Waals surface area (Å²) in [5.74, 6) is -0.873. The quantitative estimate of drug-likeness (QED) is 0.398. The Hall–Kier alpha value is -4.12. The Balaban J connectivity index is 2.07. The lowest BCUT2D eigenvalue weighted by atomic mass is 10.1. The van der Waals surface area contributed by atoms with E-state index in [0.29, 0.717) is 11.3 Å². The fraction of sp³-hybridized carbons (Fsp3) is 0.259. The number of nitrogens with zero attached hydrogens (tertiary/aromatic N) is 2. The van der Waals surface area contributed by atoms with Crippen LogP contribution in [0.2, 0.25) is 0 Å². The van der Waals surface area contributed by atoms with Crippen LogP contribution in [0.5, 0.6) is 11.5 Å². The molecule has 1 N–H and O–H groups in total. The first-order valence-corrected chi connectivity index (χ1v) is 13.1. The first-order valence-electron chi connectivity index (χ1n) is 11.7. The van der Waals surface area contributed by atoms with Crippen LogP contribution in [0.15, 0.2) is 77.7 Å². The number of benzene rings is 3. The summed E-state index contributed by atoms with van der Waals surface area (Å²) < 4.78 is 52.6. The third-order valence-electron chi connectivity index (χ3n) is 5.95. The minimum Gasteiger partial charge on any atom is -0.493 e. The molecule has 202 valence electrons. The number of rotatable bonds is 11. The zero-order valence-corrected chi connectivity index (χ0v) is 22.4. The molecule has 11 heteroatoms. The number of carbonyl (C=O) groups is 2. The van der Waals surface area contributed by atoms with Crippen LogP contribution in [0.25, 0.3) is 0 Å². The number of carbonyl (C=O) groups excluding carboxylic acids is 2. The molecule has 3 aromatic carbocycles. The van der Waals surface area contributed by atoms with Crippen LogP contribution in [-0.4, -0.2) is 59.0 Å². The molecule has 0 heterocycles. The van der Waals surface area contributed by atoms with Gasteiger partial charge in [-0.05, 0) is 48.9 Å². The normalized spacial score (nSPS) is 11.8. The molecule has 38 heavy (non-hydrogen) atoms. The predicted octanol–water partition coefficient (Wildman–Crippen LogP) is 3.20. The maximum absolute atomic E-state index is 13.8. The van der Waals surface area contributed by atoms with Gasteiger partial charge in [-0.1, -0.05) is 30.3 Å². The zero-order chi connectivity index (χ0) is 27.9. The van der Waals surface area contributed by atoms with E-state index >= 15 is 0 Å². The average molecular weight is 544 g/mol. The third kappa shape index (κ3) is 6.41. The monoisotopic (exact) mass is 543 g/mol. The first-order chi connectivity index (χ1) is 18.1. The highest BCUT2D eigenvalue weighted by molar-refractivity contribution is 7.92. The van der Waals surface area contributed by atoms with E-state index in [4.69, 9.17) is 9.47 Å². The van der Waals surface area contributed by atoms with Gasteiger partial charge in [0, 0.05) is 19.7 Å². The molecule has 0 saturated heterocycles. The third-order valence-corrected chi connectivity index (χ3v) is 7.73. The number of anilines is 1. The standard InChI is InChI=1S/C27H30FN3O6S/c1-19(27(33)29-2)30(17-20-10-12-21(28)13-11-20)26(32)18-31(38(34,35)23-8-6-5-7-9-23)22-14-15-24(36-3)25(16-22)37-4/h5-16,19H,17-18H2,1-4H3,(H,29,33)/t19-/m0/s1. The van der Waals surface area contributed by atoms with Crippen LogP contribution in [0.1, 0.15) is 12.5 Å². The molecule has 0 aliphatic rings. The second-order valence-corrected chi connectivity index (χ2v) is 10.2. The first kappa shape index (κ1) is 28.5. The van der Waals surface area contributed by atoms with Crippen LogP contribution in [0.4, 0.5) is 10.1 Å². The lowest BCUT2D eigenvalue weighted by Crippen LogP contribution is -2.50. The predicted molar refractivity (Wildman–Crippen MR) is 141 cm³/mol. The number of ether oxygens (including phenoxy) is 2. The smallest absolute Gasteiger partial charge is 0.264 e. The summed E-state index contributed by atoms with van der Waals surface area (Å²) in [6, 6.07) is 16.7. The molecule has 0 saturated carbocycles. The van der Waals surface area contributed by atoms with E-state index in [1.807, 2.05) is 0 Å². The fourth-order valence-electron chi connectivity index (χ4n) is 3.81. The molecule has 9 nitrogen and oxygen atoms in total. The van der Waals surface area contributed by atoms with Crippen LogP contribution in [0.3, 0.4) is 0 Å². The molecule has 0 aromatic heterocycles. The molecule has 0 spiro atoms. The summed E-state index contributed by atoms with van der Waals surface area (Å²) >= 11 is 0. The number of halogens is 1. The van der Waals surface area contributed by atoms with Gasteiger partial charge in [0.1, 0.15) is 18.4 Å². The number of hydrogen-bond acceptors (Lipinski definition) is 6. The van der Waals surface area contributed by atoms with Gasteiger partial charge in [-0.2, -0.15) is 0 Å².